The highest BCUT2D eigenvalue weighted by molar-refractivity contribution is 6.32. The van der Waals surface area contributed by atoms with E-state index in [2.05, 4.69) is 43.0 Å². The molecule has 0 saturated heterocycles. The van der Waals surface area contributed by atoms with Crippen molar-refractivity contribution in [1.82, 2.24) is 15.0 Å². The van der Waals surface area contributed by atoms with Crippen molar-refractivity contribution in [3.8, 4) is 0 Å². The molecule has 7 nitrogen and oxygen atoms in total. The Kier molecular flexibility index (Phi) is 5.87. The minimum atomic E-state index is -0.0856. The van der Waals surface area contributed by atoms with Gasteiger partial charge in [0.1, 0.15) is 5.02 Å². The number of nitrogens with one attached hydrogen (secondary N) is 3. The molecule has 164 valence electrons. The van der Waals surface area contributed by atoms with Crippen LogP contribution in [-0.4, -0.2) is 20.9 Å². The Morgan fingerprint density at radius 1 is 1.00 bits per heavy atom. The van der Waals surface area contributed by atoms with E-state index in [9.17, 15) is 4.79 Å². The monoisotopic (exact) mass is 456 g/mol. The van der Waals surface area contributed by atoms with E-state index in [1.54, 1.807) is 18.6 Å². The molecular formula is C25H21ClN6O. The van der Waals surface area contributed by atoms with E-state index in [1.165, 1.54) is 5.56 Å². The molecule has 0 radical (unpaired) electrons. The largest absolute Gasteiger partial charge is 0.339 e. The lowest BCUT2D eigenvalue weighted by Gasteiger charge is -2.15. The molecule has 1 aliphatic heterocycles. The van der Waals surface area contributed by atoms with Crippen LogP contribution in [-0.2, 0) is 24.1 Å². The molecule has 8 heteroatoms. The summed E-state index contributed by atoms with van der Waals surface area (Å²) in [5.41, 5.74) is 5.56. The second-order valence-electron chi connectivity index (χ2n) is 7.80. The molecule has 1 aliphatic rings. The zero-order chi connectivity index (χ0) is 22.6. The number of carbonyl (C=O) groups is 1. The van der Waals surface area contributed by atoms with Crippen LogP contribution in [0.3, 0.4) is 0 Å². The van der Waals surface area contributed by atoms with E-state index in [4.69, 9.17) is 11.6 Å². The number of amides is 1. The van der Waals surface area contributed by atoms with E-state index in [-0.39, 0.29) is 12.3 Å². The summed E-state index contributed by atoms with van der Waals surface area (Å²) in [6.45, 7) is 0. The van der Waals surface area contributed by atoms with Crippen molar-refractivity contribution >= 4 is 46.3 Å². The van der Waals surface area contributed by atoms with Gasteiger partial charge in [-0.05, 0) is 65.9 Å². The minimum Gasteiger partial charge on any atom is -0.339 e. The highest BCUT2D eigenvalue weighted by Gasteiger charge is 2.13. The van der Waals surface area contributed by atoms with Crippen LogP contribution in [0.4, 0.5) is 28.8 Å². The molecule has 1 amide bonds. The maximum atomic E-state index is 12.7. The van der Waals surface area contributed by atoms with Gasteiger partial charge < -0.3 is 16.0 Å². The molecule has 0 saturated carbocycles. The van der Waals surface area contributed by atoms with Crippen LogP contribution in [0.15, 0.2) is 73.2 Å². The number of anilines is 5. The molecule has 0 atom stereocenters. The predicted octanol–water partition coefficient (Wildman–Crippen LogP) is 5.29. The number of aryl methyl sites for hydroxylation is 2. The van der Waals surface area contributed by atoms with Crippen molar-refractivity contribution in [2.45, 2.75) is 19.3 Å². The van der Waals surface area contributed by atoms with Gasteiger partial charge in [0.2, 0.25) is 11.9 Å². The van der Waals surface area contributed by atoms with Gasteiger partial charge in [-0.25, -0.2) is 4.98 Å². The average Bonchev–Trinajstić information content (AvgIpc) is 2.82. The number of nitrogens with zero attached hydrogens (tertiary/aromatic N) is 3. The molecule has 0 aliphatic carbocycles. The van der Waals surface area contributed by atoms with Crippen LogP contribution < -0.4 is 16.0 Å². The first-order valence-corrected chi connectivity index (χ1v) is 11.0. The Morgan fingerprint density at radius 3 is 2.79 bits per heavy atom. The van der Waals surface area contributed by atoms with E-state index in [1.807, 2.05) is 42.5 Å². The lowest BCUT2D eigenvalue weighted by atomic mass is 10.0. The number of benzene rings is 2. The zero-order valence-electron chi connectivity index (χ0n) is 17.7. The maximum absolute atomic E-state index is 12.7. The summed E-state index contributed by atoms with van der Waals surface area (Å²) in [4.78, 5) is 25.6. The van der Waals surface area contributed by atoms with Gasteiger partial charge in [-0.15, -0.1) is 0 Å². The molecule has 3 N–H and O–H groups in total. The fourth-order valence-corrected chi connectivity index (χ4v) is 3.89. The third kappa shape index (κ3) is 5.10. The predicted molar refractivity (Wildman–Crippen MR) is 130 cm³/mol. The highest BCUT2D eigenvalue weighted by atomic mass is 35.5. The summed E-state index contributed by atoms with van der Waals surface area (Å²) in [7, 11) is 0. The number of pyridine rings is 1. The molecule has 5 rings (SSSR count). The van der Waals surface area contributed by atoms with Crippen molar-refractivity contribution < 1.29 is 4.79 Å². The lowest BCUT2D eigenvalue weighted by Crippen LogP contribution is -2.16. The second kappa shape index (κ2) is 9.26. The van der Waals surface area contributed by atoms with E-state index >= 15 is 0 Å². The van der Waals surface area contributed by atoms with Crippen molar-refractivity contribution in [3.63, 3.8) is 0 Å². The minimum absolute atomic E-state index is 0.0856. The SMILES string of the molecule is O=C(Cc1cccnc1)Nc1ccc2cc1CCc1cccc(c1)Nc1ncc(Cl)c(n1)N2. The third-order valence-electron chi connectivity index (χ3n) is 5.34. The topological polar surface area (TPSA) is 91.8 Å². The molecular weight excluding hydrogens is 436 g/mol. The van der Waals surface area contributed by atoms with Gasteiger partial charge >= 0.3 is 0 Å². The second-order valence-corrected chi connectivity index (χ2v) is 8.21. The molecule has 2 aromatic carbocycles. The van der Waals surface area contributed by atoms with Gasteiger partial charge in [0.15, 0.2) is 5.82 Å². The summed E-state index contributed by atoms with van der Waals surface area (Å²) in [6, 6.07) is 17.7. The first kappa shape index (κ1) is 20.9. The number of halogens is 1. The molecule has 33 heavy (non-hydrogen) atoms. The molecule has 0 unspecified atom stereocenters. The van der Waals surface area contributed by atoms with Crippen molar-refractivity contribution in [2.24, 2.45) is 0 Å². The van der Waals surface area contributed by atoms with E-state index < -0.39 is 0 Å². The molecule has 2 aromatic heterocycles. The Bertz CT molecular complexity index is 1310. The Labute approximate surface area is 196 Å². The lowest BCUT2D eigenvalue weighted by molar-refractivity contribution is -0.115. The smallest absolute Gasteiger partial charge is 0.229 e. The Balaban J connectivity index is 1.47. The quantitative estimate of drug-likeness (QED) is 0.388. The van der Waals surface area contributed by atoms with Crippen LogP contribution in [0.5, 0.6) is 0 Å². The summed E-state index contributed by atoms with van der Waals surface area (Å²) >= 11 is 6.33. The Morgan fingerprint density at radius 2 is 1.91 bits per heavy atom. The number of carbonyl (C=O) groups excluding carboxylic acids is 1. The highest BCUT2D eigenvalue weighted by Crippen LogP contribution is 2.29. The van der Waals surface area contributed by atoms with Gasteiger partial charge in [-0.3, -0.25) is 9.78 Å². The van der Waals surface area contributed by atoms with Crippen LogP contribution in [0.2, 0.25) is 5.02 Å². The molecule has 3 heterocycles. The number of fused-ring (bicyclic) bond motifs is 6. The third-order valence-corrected chi connectivity index (χ3v) is 5.62. The maximum Gasteiger partial charge on any atom is 0.229 e. The normalized spacial score (nSPS) is 12.3. The van der Waals surface area contributed by atoms with Gasteiger partial charge in [-0.1, -0.05) is 29.8 Å². The first-order chi connectivity index (χ1) is 16.1. The van der Waals surface area contributed by atoms with E-state index in [0.29, 0.717) is 16.8 Å². The average molecular weight is 457 g/mol. The Hall–Kier alpha value is -3.97. The summed E-state index contributed by atoms with van der Waals surface area (Å²) in [6.07, 6.45) is 6.79. The van der Waals surface area contributed by atoms with Gasteiger partial charge in [0.25, 0.3) is 0 Å². The van der Waals surface area contributed by atoms with E-state index in [0.717, 1.165) is 41.0 Å². The van der Waals surface area contributed by atoms with Crippen LogP contribution in [0.25, 0.3) is 0 Å². The first-order valence-electron chi connectivity index (χ1n) is 10.6. The number of aromatic nitrogens is 3. The molecule has 4 aromatic rings. The fraction of sp³-hybridized carbons (Fsp3) is 0.120. The number of rotatable bonds is 3. The van der Waals surface area contributed by atoms with Gasteiger partial charge in [0, 0.05) is 29.5 Å². The number of hydrogen-bond acceptors (Lipinski definition) is 6. The van der Waals surface area contributed by atoms with Gasteiger partial charge in [0.05, 0.1) is 12.6 Å². The molecule has 0 spiro atoms. The van der Waals surface area contributed by atoms with Crippen LogP contribution in [0, 0.1) is 0 Å². The summed E-state index contributed by atoms with van der Waals surface area (Å²) in [5.74, 6) is 0.874. The molecule has 6 bridgehead atoms. The van der Waals surface area contributed by atoms with Crippen molar-refractivity contribution in [3.05, 3.63) is 94.9 Å². The fourth-order valence-electron chi connectivity index (χ4n) is 3.75. The van der Waals surface area contributed by atoms with Gasteiger partial charge in [-0.2, -0.15) is 4.98 Å². The van der Waals surface area contributed by atoms with Crippen LogP contribution >= 0.6 is 11.6 Å². The standard InChI is InChI=1S/C25H21ClN6O/c26-21-15-28-25-30-19-5-1-3-16(11-19)6-7-18-13-20(29-24(21)32-25)8-9-22(18)31-23(33)12-17-4-2-10-27-14-17/h1-5,8-11,13-15H,6-7,12H2,(H,31,33)(H2,28,29,30,32). The molecule has 0 fully saturated rings. The summed E-state index contributed by atoms with van der Waals surface area (Å²) in [5, 5.41) is 9.99. The number of hydrogen-bond donors (Lipinski definition) is 3. The van der Waals surface area contributed by atoms with Crippen molar-refractivity contribution in [2.75, 3.05) is 16.0 Å². The summed E-state index contributed by atoms with van der Waals surface area (Å²) < 4.78 is 0. The zero-order valence-corrected chi connectivity index (χ0v) is 18.4. The van der Waals surface area contributed by atoms with Crippen molar-refractivity contribution in [1.29, 1.82) is 0 Å². The van der Waals surface area contributed by atoms with Crippen LogP contribution in [0.1, 0.15) is 16.7 Å².